The smallest absolute Gasteiger partial charge is 0.257 e. The van der Waals surface area contributed by atoms with Crippen molar-refractivity contribution in [3.05, 3.63) is 82.9 Å². The molecule has 0 aliphatic heterocycles. The summed E-state index contributed by atoms with van der Waals surface area (Å²) in [6.45, 7) is 8.93. The van der Waals surface area contributed by atoms with Crippen molar-refractivity contribution in [3.63, 3.8) is 0 Å². The Labute approximate surface area is 154 Å². The molecule has 1 N–H and O–H groups in total. The molecule has 3 aromatic rings. The highest BCUT2D eigenvalue weighted by Gasteiger charge is 2.17. The third kappa shape index (κ3) is 3.69. The van der Waals surface area contributed by atoms with E-state index in [0.29, 0.717) is 18.0 Å². The van der Waals surface area contributed by atoms with Gasteiger partial charge in [-0.2, -0.15) is 0 Å². The standard InChI is InChI=1S/C22H25N3O/c1-15(2)19-10-5-6-11-21(19)24-22(26)20-13-16(3)25(17(20)4)14-18-9-7-8-12-23-18/h5-13,15H,14H2,1-4H3,(H,24,26). The normalized spacial score (nSPS) is 11.0. The number of nitrogens with one attached hydrogen (secondary N) is 1. The Balaban J connectivity index is 1.86. The van der Waals surface area contributed by atoms with Crippen LogP contribution in [0.1, 0.15) is 52.8 Å². The lowest BCUT2D eigenvalue weighted by molar-refractivity contribution is 0.102. The molecule has 0 unspecified atom stereocenters. The maximum Gasteiger partial charge on any atom is 0.257 e. The lowest BCUT2D eigenvalue weighted by Crippen LogP contribution is -2.15. The number of rotatable bonds is 5. The minimum absolute atomic E-state index is 0.0709. The SMILES string of the molecule is Cc1cc(C(=O)Nc2ccccc2C(C)C)c(C)n1Cc1ccccn1. The van der Waals surface area contributed by atoms with Gasteiger partial charge in [-0.05, 0) is 49.6 Å². The Morgan fingerprint density at radius 1 is 1.12 bits per heavy atom. The third-order valence-corrected chi connectivity index (χ3v) is 4.70. The first-order valence-corrected chi connectivity index (χ1v) is 8.94. The molecular formula is C22H25N3O. The Morgan fingerprint density at radius 3 is 2.54 bits per heavy atom. The average Bonchev–Trinajstić information content (AvgIpc) is 2.91. The number of hydrogen-bond acceptors (Lipinski definition) is 2. The van der Waals surface area contributed by atoms with E-state index in [2.05, 4.69) is 34.8 Å². The summed E-state index contributed by atoms with van der Waals surface area (Å²) < 4.78 is 2.13. The predicted octanol–water partition coefficient (Wildman–Crippen LogP) is 4.92. The maximum atomic E-state index is 12.9. The summed E-state index contributed by atoms with van der Waals surface area (Å²) in [6, 6.07) is 15.8. The first-order chi connectivity index (χ1) is 12.5. The monoisotopic (exact) mass is 347 g/mol. The minimum atomic E-state index is -0.0709. The van der Waals surface area contributed by atoms with E-state index in [1.807, 2.05) is 56.3 Å². The first kappa shape index (κ1) is 17.9. The molecule has 0 bridgehead atoms. The van der Waals surface area contributed by atoms with Crippen LogP contribution in [-0.4, -0.2) is 15.5 Å². The highest BCUT2D eigenvalue weighted by Crippen LogP contribution is 2.25. The van der Waals surface area contributed by atoms with Crippen LogP contribution in [0.4, 0.5) is 5.69 Å². The molecule has 0 aliphatic carbocycles. The zero-order chi connectivity index (χ0) is 18.7. The summed E-state index contributed by atoms with van der Waals surface area (Å²) in [5.41, 5.74) is 5.71. The Bertz CT molecular complexity index is 910. The van der Waals surface area contributed by atoms with Crippen LogP contribution in [0.2, 0.25) is 0 Å². The lowest BCUT2D eigenvalue weighted by atomic mass is 10.0. The minimum Gasteiger partial charge on any atom is -0.342 e. The number of amides is 1. The molecule has 2 heterocycles. The number of aromatic nitrogens is 2. The predicted molar refractivity (Wildman–Crippen MR) is 106 cm³/mol. The van der Waals surface area contributed by atoms with Crippen molar-refractivity contribution in [3.8, 4) is 0 Å². The van der Waals surface area contributed by atoms with E-state index in [0.717, 1.165) is 28.3 Å². The van der Waals surface area contributed by atoms with E-state index in [4.69, 9.17) is 0 Å². The molecule has 4 heteroatoms. The third-order valence-electron chi connectivity index (χ3n) is 4.70. The number of carbonyl (C=O) groups excluding carboxylic acids is 1. The van der Waals surface area contributed by atoms with Crippen LogP contribution in [0.25, 0.3) is 0 Å². The van der Waals surface area contributed by atoms with Gasteiger partial charge in [-0.25, -0.2) is 0 Å². The van der Waals surface area contributed by atoms with Gasteiger partial charge < -0.3 is 9.88 Å². The second-order valence-corrected chi connectivity index (χ2v) is 6.89. The summed E-state index contributed by atoms with van der Waals surface area (Å²) in [7, 11) is 0. The molecule has 0 atom stereocenters. The fourth-order valence-electron chi connectivity index (χ4n) is 3.23. The van der Waals surface area contributed by atoms with Crippen molar-refractivity contribution in [2.45, 2.75) is 40.2 Å². The van der Waals surface area contributed by atoms with Crippen LogP contribution in [-0.2, 0) is 6.54 Å². The van der Waals surface area contributed by atoms with E-state index in [1.165, 1.54) is 0 Å². The van der Waals surface area contributed by atoms with E-state index in [-0.39, 0.29) is 5.91 Å². The van der Waals surface area contributed by atoms with Crippen LogP contribution in [0.5, 0.6) is 0 Å². The largest absolute Gasteiger partial charge is 0.342 e. The Morgan fingerprint density at radius 2 is 1.85 bits per heavy atom. The van der Waals surface area contributed by atoms with E-state index < -0.39 is 0 Å². The summed E-state index contributed by atoms with van der Waals surface area (Å²) >= 11 is 0. The Kier molecular flexibility index (Phi) is 5.21. The molecule has 4 nitrogen and oxygen atoms in total. The average molecular weight is 347 g/mol. The van der Waals surface area contributed by atoms with Gasteiger partial charge in [-0.3, -0.25) is 9.78 Å². The van der Waals surface area contributed by atoms with Gasteiger partial charge in [-0.1, -0.05) is 38.1 Å². The summed E-state index contributed by atoms with van der Waals surface area (Å²) in [5, 5.41) is 3.09. The molecule has 0 radical (unpaired) electrons. The molecule has 0 saturated heterocycles. The highest BCUT2D eigenvalue weighted by atomic mass is 16.1. The van der Waals surface area contributed by atoms with Crippen LogP contribution < -0.4 is 5.32 Å². The van der Waals surface area contributed by atoms with Gasteiger partial charge in [0, 0.05) is 23.3 Å². The number of carbonyl (C=O) groups is 1. The van der Waals surface area contributed by atoms with Gasteiger partial charge in [0.25, 0.3) is 5.91 Å². The number of hydrogen-bond donors (Lipinski definition) is 1. The molecule has 0 saturated carbocycles. The summed E-state index contributed by atoms with van der Waals surface area (Å²) in [5.74, 6) is 0.279. The van der Waals surface area contributed by atoms with Crippen LogP contribution in [0.3, 0.4) is 0 Å². The molecule has 3 rings (SSSR count). The summed E-state index contributed by atoms with van der Waals surface area (Å²) in [6.07, 6.45) is 1.79. The molecule has 0 aliphatic rings. The van der Waals surface area contributed by atoms with Crippen LogP contribution in [0.15, 0.2) is 54.7 Å². The van der Waals surface area contributed by atoms with Crippen LogP contribution in [0, 0.1) is 13.8 Å². The van der Waals surface area contributed by atoms with Crippen molar-refractivity contribution in [1.82, 2.24) is 9.55 Å². The zero-order valence-corrected chi connectivity index (χ0v) is 15.8. The molecule has 0 fully saturated rings. The molecule has 134 valence electrons. The maximum absolute atomic E-state index is 12.9. The first-order valence-electron chi connectivity index (χ1n) is 8.94. The van der Waals surface area contributed by atoms with Gasteiger partial charge in [-0.15, -0.1) is 0 Å². The van der Waals surface area contributed by atoms with Crippen LogP contribution >= 0.6 is 0 Å². The molecule has 1 amide bonds. The van der Waals surface area contributed by atoms with Crippen molar-refractivity contribution in [1.29, 1.82) is 0 Å². The zero-order valence-electron chi connectivity index (χ0n) is 15.8. The lowest BCUT2D eigenvalue weighted by Gasteiger charge is -2.14. The fraction of sp³-hybridized carbons (Fsp3) is 0.273. The number of pyridine rings is 1. The second kappa shape index (κ2) is 7.56. The number of aryl methyl sites for hydroxylation is 1. The van der Waals surface area contributed by atoms with E-state index >= 15 is 0 Å². The summed E-state index contributed by atoms with van der Waals surface area (Å²) in [4.78, 5) is 17.3. The number of para-hydroxylation sites is 1. The van der Waals surface area contributed by atoms with Crippen molar-refractivity contribution in [2.24, 2.45) is 0 Å². The quantitative estimate of drug-likeness (QED) is 0.712. The highest BCUT2D eigenvalue weighted by molar-refractivity contribution is 6.05. The van der Waals surface area contributed by atoms with E-state index in [9.17, 15) is 4.79 Å². The van der Waals surface area contributed by atoms with Crippen molar-refractivity contribution in [2.75, 3.05) is 5.32 Å². The van der Waals surface area contributed by atoms with Gasteiger partial charge >= 0.3 is 0 Å². The second-order valence-electron chi connectivity index (χ2n) is 6.89. The van der Waals surface area contributed by atoms with Crippen molar-refractivity contribution >= 4 is 11.6 Å². The molecule has 1 aromatic carbocycles. The topological polar surface area (TPSA) is 46.9 Å². The molecule has 2 aromatic heterocycles. The fourth-order valence-corrected chi connectivity index (χ4v) is 3.23. The molecular weight excluding hydrogens is 322 g/mol. The number of anilines is 1. The van der Waals surface area contributed by atoms with E-state index in [1.54, 1.807) is 6.20 Å². The van der Waals surface area contributed by atoms with Gasteiger partial charge in [0.1, 0.15) is 0 Å². The number of nitrogens with zero attached hydrogens (tertiary/aromatic N) is 2. The van der Waals surface area contributed by atoms with Gasteiger partial charge in [0.15, 0.2) is 0 Å². The molecule has 26 heavy (non-hydrogen) atoms. The number of benzene rings is 1. The van der Waals surface area contributed by atoms with Gasteiger partial charge in [0.05, 0.1) is 17.8 Å². The molecule has 0 spiro atoms. The van der Waals surface area contributed by atoms with Crippen molar-refractivity contribution < 1.29 is 4.79 Å². The van der Waals surface area contributed by atoms with Gasteiger partial charge in [0.2, 0.25) is 0 Å². The Hall–Kier alpha value is -2.88.